The van der Waals surface area contributed by atoms with Crippen LogP contribution in [0.15, 0.2) is 71.6 Å². The van der Waals surface area contributed by atoms with Crippen LogP contribution < -0.4 is 9.62 Å². The van der Waals surface area contributed by atoms with E-state index in [1.54, 1.807) is 62.4 Å². The summed E-state index contributed by atoms with van der Waals surface area (Å²) < 4.78 is 29.1. The molecule has 1 aliphatic rings. The third-order valence-corrected chi connectivity index (χ3v) is 9.72. The maximum absolute atomic E-state index is 14.1. The predicted molar refractivity (Wildman–Crippen MR) is 164 cm³/mol. The van der Waals surface area contributed by atoms with Gasteiger partial charge in [-0.05, 0) is 81.1 Å². The van der Waals surface area contributed by atoms with E-state index in [1.165, 1.54) is 23.1 Å². The van der Waals surface area contributed by atoms with Gasteiger partial charge in [0.2, 0.25) is 11.8 Å². The summed E-state index contributed by atoms with van der Waals surface area (Å²) in [7, 11) is -4.17. The van der Waals surface area contributed by atoms with Gasteiger partial charge in [0, 0.05) is 22.6 Å². The molecule has 0 aliphatic heterocycles. The zero-order chi connectivity index (χ0) is 29.7. The Kier molecular flexibility index (Phi) is 10.00. The van der Waals surface area contributed by atoms with E-state index in [1.807, 2.05) is 6.92 Å². The number of halogens is 2. The van der Waals surface area contributed by atoms with Crippen molar-refractivity contribution in [2.45, 2.75) is 70.0 Å². The summed E-state index contributed by atoms with van der Waals surface area (Å²) in [5.41, 5.74) is 2.59. The highest BCUT2D eigenvalue weighted by atomic mass is 35.5. The Hall–Kier alpha value is -3.07. The molecular formula is C31H35Cl2N3O4S. The first-order chi connectivity index (χ1) is 19.5. The molecule has 0 bridgehead atoms. The van der Waals surface area contributed by atoms with Gasteiger partial charge in [0.15, 0.2) is 0 Å². The number of rotatable bonds is 10. The first kappa shape index (κ1) is 30.9. The van der Waals surface area contributed by atoms with Gasteiger partial charge in [0.25, 0.3) is 10.0 Å². The van der Waals surface area contributed by atoms with Crippen molar-refractivity contribution in [1.82, 2.24) is 10.2 Å². The molecule has 0 radical (unpaired) electrons. The summed E-state index contributed by atoms with van der Waals surface area (Å²) >= 11 is 12.4. The van der Waals surface area contributed by atoms with Crippen molar-refractivity contribution in [3.63, 3.8) is 0 Å². The standard InChI is InChI=1S/C31H35Cl2N3O4S/c1-21-8-16-28(17-9-21)41(39,40)36(29-18-26(33)13-10-22(29)2)20-30(37)35(19-24-11-14-25(32)15-12-24)23(3)31(38)34-27-6-4-5-7-27/h8-18,23,27H,4-7,19-20H2,1-3H3,(H,34,38). The van der Waals surface area contributed by atoms with Crippen LogP contribution in [0.3, 0.4) is 0 Å². The smallest absolute Gasteiger partial charge is 0.264 e. The minimum Gasteiger partial charge on any atom is -0.352 e. The van der Waals surface area contributed by atoms with Gasteiger partial charge in [-0.3, -0.25) is 13.9 Å². The SMILES string of the molecule is Cc1ccc(S(=O)(=O)N(CC(=O)N(Cc2ccc(Cl)cc2)C(C)C(=O)NC2CCCC2)c2cc(Cl)ccc2C)cc1. The molecule has 3 aromatic rings. The van der Waals surface area contributed by atoms with E-state index < -0.39 is 28.5 Å². The molecule has 7 nitrogen and oxygen atoms in total. The summed E-state index contributed by atoms with van der Waals surface area (Å²) in [5.74, 6) is -0.796. The van der Waals surface area contributed by atoms with Crippen LogP contribution >= 0.6 is 23.2 Å². The van der Waals surface area contributed by atoms with Crippen LogP contribution in [0, 0.1) is 13.8 Å². The lowest BCUT2D eigenvalue weighted by Gasteiger charge is -2.33. The second kappa shape index (κ2) is 13.3. The molecule has 1 N–H and O–H groups in total. The van der Waals surface area contributed by atoms with E-state index in [0.29, 0.717) is 21.3 Å². The lowest BCUT2D eigenvalue weighted by Crippen LogP contribution is -2.52. The number of amides is 2. The van der Waals surface area contributed by atoms with Gasteiger partial charge in [0.05, 0.1) is 10.6 Å². The molecular weight excluding hydrogens is 581 g/mol. The van der Waals surface area contributed by atoms with E-state index in [0.717, 1.165) is 41.1 Å². The normalized spacial score (nSPS) is 14.5. The lowest BCUT2D eigenvalue weighted by molar-refractivity contribution is -0.139. The van der Waals surface area contributed by atoms with Crippen LogP contribution in [0.1, 0.15) is 49.3 Å². The third-order valence-electron chi connectivity index (χ3n) is 7.46. The Morgan fingerprint density at radius 3 is 2.17 bits per heavy atom. The average molecular weight is 617 g/mol. The Morgan fingerprint density at radius 1 is 0.927 bits per heavy atom. The lowest BCUT2D eigenvalue weighted by atomic mass is 10.1. The summed E-state index contributed by atoms with van der Waals surface area (Å²) in [6, 6.07) is 17.6. The highest BCUT2D eigenvalue weighted by molar-refractivity contribution is 7.92. The van der Waals surface area contributed by atoms with Crippen LogP contribution in [0.25, 0.3) is 0 Å². The number of anilines is 1. The zero-order valence-electron chi connectivity index (χ0n) is 23.4. The quantitative estimate of drug-likeness (QED) is 0.291. The molecule has 0 saturated heterocycles. The number of carbonyl (C=O) groups is 2. The maximum Gasteiger partial charge on any atom is 0.264 e. The molecule has 0 spiro atoms. The second-order valence-electron chi connectivity index (χ2n) is 10.6. The molecule has 41 heavy (non-hydrogen) atoms. The third kappa shape index (κ3) is 7.61. The van der Waals surface area contributed by atoms with Gasteiger partial charge in [-0.15, -0.1) is 0 Å². The van der Waals surface area contributed by atoms with E-state index in [4.69, 9.17) is 23.2 Å². The number of benzene rings is 3. The van der Waals surface area contributed by atoms with Crippen molar-refractivity contribution >= 4 is 50.7 Å². The molecule has 2 amide bonds. The highest BCUT2D eigenvalue weighted by Crippen LogP contribution is 2.30. The number of nitrogens with zero attached hydrogens (tertiary/aromatic N) is 2. The Bertz CT molecular complexity index is 1490. The molecule has 4 rings (SSSR count). The molecule has 0 heterocycles. The maximum atomic E-state index is 14.1. The minimum absolute atomic E-state index is 0.0477. The summed E-state index contributed by atoms with van der Waals surface area (Å²) in [4.78, 5) is 28.9. The average Bonchev–Trinajstić information content (AvgIpc) is 3.45. The number of hydrogen-bond acceptors (Lipinski definition) is 4. The van der Waals surface area contributed by atoms with Gasteiger partial charge in [0.1, 0.15) is 12.6 Å². The predicted octanol–water partition coefficient (Wildman–Crippen LogP) is 6.28. The topological polar surface area (TPSA) is 86.8 Å². The van der Waals surface area contributed by atoms with E-state index in [2.05, 4.69) is 5.32 Å². The molecule has 218 valence electrons. The van der Waals surface area contributed by atoms with Crippen molar-refractivity contribution in [3.8, 4) is 0 Å². The second-order valence-corrected chi connectivity index (χ2v) is 13.3. The highest BCUT2D eigenvalue weighted by Gasteiger charge is 2.34. The molecule has 1 saturated carbocycles. The largest absolute Gasteiger partial charge is 0.352 e. The molecule has 1 unspecified atom stereocenters. The van der Waals surface area contributed by atoms with E-state index in [9.17, 15) is 18.0 Å². The number of nitrogens with one attached hydrogen (secondary N) is 1. The number of hydrogen-bond donors (Lipinski definition) is 1. The monoisotopic (exact) mass is 615 g/mol. The number of aryl methyl sites for hydroxylation is 2. The zero-order valence-corrected chi connectivity index (χ0v) is 25.8. The fourth-order valence-electron chi connectivity index (χ4n) is 4.96. The summed E-state index contributed by atoms with van der Waals surface area (Å²) in [6.07, 6.45) is 3.91. The Labute approximate surface area is 252 Å². The van der Waals surface area contributed by atoms with Crippen molar-refractivity contribution in [1.29, 1.82) is 0 Å². The van der Waals surface area contributed by atoms with E-state index in [-0.39, 0.29) is 23.4 Å². The van der Waals surface area contributed by atoms with Crippen molar-refractivity contribution in [3.05, 3.63) is 93.5 Å². The van der Waals surface area contributed by atoms with Crippen molar-refractivity contribution < 1.29 is 18.0 Å². The van der Waals surface area contributed by atoms with Gasteiger partial charge >= 0.3 is 0 Å². The van der Waals surface area contributed by atoms with Crippen LogP contribution in [-0.4, -0.2) is 43.8 Å². The van der Waals surface area contributed by atoms with Crippen LogP contribution in [0.2, 0.25) is 10.0 Å². The van der Waals surface area contributed by atoms with Crippen LogP contribution in [-0.2, 0) is 26.2 Å². The molecule has 1 atom stereocenters. The fourth-order valence-corrected chi connectivity index (χ4v) is 6.73. The first-order valence-corrected chi connectivity index (χ1v) is 15.8. The van der Waals surface area contributed by atoms with Gasteiger partial charge < -0.3 is 10.2 Å². The van der Waals surface area contributed by atoms with E-state index >= 15 is 0 Å². The van der Waals surface area contributed by atoms with Crippen LogP contribution in [0.5, 0.6) is 0 Å². The molecule has 1 fully saturated rings. The fraction of sp³-hybridized carbons (Fsp3) is 0.355. The minimum atomic E-state index is -4.17. The number of carbonyl (C=O) groups excluding carboxylic acids is 2. The van der Waals surface area contributed by atoms with Gasteiger partial charge in [-0.25, -0.2) is 8.42 Å². The summed E-state index contributed by atoms with van der Waals surface area (Å²) in [6.45, 7) is 4.87. The molecule has 10 heteroatoms. The van der Waals surface area contributed by atoms with Crippen LogP contribution in [0.4, 0.5) is 5.69 Å². The Balaban J connectivity index is 1.71. The molecule has 3 aromatic carbocycles. The van der Waals surface area contributed by atoms with Crippen molar-refractivity contribution in [2.75, 3.05) is 10.8 Å². The first-order valence-electron chi connectivity index (χ1n) is 13.7. The number of sulfonamides is 1. The van der Waals surface area contributed by atoms with Crippen molar-refractivity contribution in [2.24, 2.45) is 0 Å². The Morgan fingerprint density at radius 2 is 1.54 bits per heavy atom. The summed E-state index contributed by atoms with van der Waals surface area (Å²) in [5, 5.41) is 3.95. The van der Waals surface area contributed by atoms with Gasteiger partial charge in [-0.1, -0.05) is 71.9 Å². The molecule has 0 aromatic heterocycles. The molecule has 1 aliphatic carbocycles. The van der Waals surface area contributed by atoms with Gasteiger partial charge in [-0.2, -0.15) is 0 Å².